The van der Waals surface area contributed by atoms with Crippen LogP contribution in [-0.2, 0) is 6.42 Å². The van der Waals surface area contributed by atoms with Crippen molar-refractivity contribution in [3.8, 4) is 17.2 Å². The number of methoxy groups -OCH3 is 1. The van der Waals surface area contributed by atoms with Gasteiger partial charge in [0.1, 0.15) is 5.75 Å². The number of aromatic hydroxyl groups is 2. The SMILES string of the molecule is COc1c(O)ccc2c1C(=O)c1c(O)cc(C)cc1C2. The van der Waals surface area contributed by atoms with Gasteiger partial charge in [-0.15, -0.1) is 0 Å². The van der Waals surface area contributed by atoms with Crippen molar-refractivity contribution in [2.45, 2.75) is 13.3 Å². The first-order chi connectivity index (χ1) is 9.52. The Bertz CT molecular complexity index is 732. The van der Waals surface area contributed by atoms with Gasteiger partial charge in [-0.2, -0.15) is 0 Å². The van der Waals surface area contributed by atoms with E-state index < -0.39 is 0 Å². The van der Waals surface area contributed by atoms with Crippen molar-refractivity contribution < 1.29 is 19.7 Å². The monoisotopic (exact) mass is 270 g/mol. The molecule has 0 atom stereocenters. The predicted octanol–water partition coefficient (Wildman–Crippen LogP) is 2.55. The summed E-state index contributed by atoms with van der Waals surface area (Å²) in [6.07, 6.45) is 0.530. The molecule has 2 aromatic carbocycles. The summed E-state index contributed by atoms with van der Waals surface area (Å²) >= 11 is 0. The molecule has 0 aliphatic heterocycles. The van der Waals surface area contributed by atoms with Crippen LogP contribution in [0.15, 0.2) is 24.3 Å². The van der Waals surface area contributed by atoms with Crippen LogP contribution in [0.3, 0.4) is 0 Å². The van der Waals surface area contributed by atoms with Gasteiger partial charge in [-0.05, 0) is 42.2 Å². The fraction of sp³-hybridized carbons (Fsp3) is 0.188. The molecule has 2 aromatic rings. The highest BCUT2D eigenvalue weighted by atomic mass is 16.5. The molecule has 1 aliphatic carbocycles. The van der Waals surface area contributed by atoms with Gasteiger partial charge in [0, 0.05) is 0 Å². The summed E-state index contributed by atoms with van der Waals surface area (Å²) in [4.78, 5) is 12.6. The van der Waals surface area contributed by atoms with Crippen LogP contribution >= 0.6 is 0 Å². The summed E-state index contributed by atoms with van der Waals surface area (Å²) in [6.45, 7) is 1.87. The average molecular weight is 270 g/mol. The largest absolute Gasteiger partial charge is 0.507 e. The van der Waals surface area contributed by atoms with Crippen LogP contribution in [0.5, 0.6) is 17.2 Å². The Morgan fingerprint density at radius 1 is 1.05 bits per heavy atom. The Morgan fingerprint density at radius 3 is 2.50 bits per heavy atom. The Kier molecular flexibility index (Phi) is 2.67. The minimum atomic E-state index is -0.313. The van der Waals surface area contributed by atoms with Gasteiger partial charge in [0.25, 0.3) is 0 Å². The van der Waals surface area contributed by atoms with Gasteiger partial charge < -0.3 is 14.9 Å². The molecule has 20 heavy (non-hydrogen) atoms. The maximum absolute atomic E-state index is 12.6. The number of fused-ring (bicyclic) bond motifs is 2. The number of phenols is 2. The first kappa shape index (κ1) is 12.5. The maximum Gasteiger partial charge on any atom is 0.201 e. The maximum atomic E-state index is 12.6. The van der Waals surface area contributed by atoms with Crippen molar-refractivity contribution in [1.82, 2.24) is 0 Å². The molecule has 0 saturated heterocycles. The molecule has 102 valence electrons. The molecule has 2 N–H and O–H groups in total. The van der Waals surface area contributed by atoms with Crippen LogP contribution in [0.1, 0.15) is 32.6 Å². The van der Waals surface area contributed by atoms with E-state index in [4.69, 9.17) is 4.74 Å². The van der Waals surface area contributed by atoms with Gasteiger partial charge in [0.2, 0.25) is 5.78 Å². The highest BCUT2D eigenvalue weighted by molar-refractivity contribution is 6.16. The zero-order valence-electron chi connectivity index (χ0n) is 11.2. The van der Waals surface area contributed by atoms with Gasteiger partial charge in [-0.3, -0.25) is 4.79 Å². The smallest absolute Gasteiger partial charge is 0.201 e. The fourth-order valence-electron chi connectivity index (χ4n) is 2.79. The van der Waals surface area contributed by atoms with E-state index in [0.717, 1.165) is 16.7 Å². The van der Waals surface area contributed by atoms with Crippen molar-refractivity contribution in [3.05, 3.63) is 52.1 Å². The molecule has 4 nitrogen and oxygen atoms in total. The van der Waals surface area contributed by atoms with Gasteiger partial charge in [-0.25, -0.2) is 0 Å². The number of hydrogen-bond donors (Lipinski definition) is 2. The van der Waals surface area contributed by atoms with E-state index in [9.17, 15) is 15.0 Å². The number of ketones is 1. The summed E-state index contributed by atoms with van der Waals surface area (Å²) in [5, 5.41) is 19.8. The number of carbonyl (C=O) groups excluding carboxylic acids is 1. The van der Waals surface area contributed by atoms with Crippen LogP contribution in [0.25, 0.3) is 0 Å². The summed E-state index contributed by atoms with van der Waals surface area (Å²) in [6, 6.07) is 6.70. The first-order valence-electron chi connectivity index (χ1n) is 6.29. The van der Waals surface area contributed by atoms with Crippen molar-refractivity contribution in [1.29, 1.82) is 0 Å². The van der Waals surface area contributed by atoms with E-state index in [0.29, 0.717) is 17.5 Å². The minimum absolute atomic E-state index is 0.0268. The molecule has 4 heteroatoms. The van der Waals surface area contributed by atoms with Crippen LogP contribution < -0.4 is 4.74 Å². The van der Waals surface area contributed by atoms with Gasteiger partial charge in [-0.1, -0.05) is 12.1 Å². The third-order valence-electron chi connectivity index (χ3n) is 3.61. The number of aryl methyl sites for hydroxylation is 1. The number of ether oxygens (including phenoxy) is 1. The molecule has 0 heterocycles. The van der Waals surface area contributed by atoms with Crippen molar-refractivity contribution in [2.75, 3.05) is 7.11 Å². The highest BCUT2D eigenvalue weighted by Gasteiger charge is 2.30. The Labute approximate surface area is 116 Å². The second-order valence-corrected chi connectivity index (χ2v) is 4.98. The molecule has 0 spiro atoms. The number of rotatable bonds is 1. The average Bonchev–Trinajstić information content (AvgIpc) is 2.38. The molecular formula is C16H14O4. The van der Waals surface area contributed by atoms with Crippen LogP contribution in [-0.4, -0.2) is 23.1 Å². The molecular weight excluding hydrogens is 256 g/mol. The lowest BCUT2D eigenvalue weighted by Crippen LogP contribution is -2.16. The van der Waals surface area contributed by atoms with Crippen molar-refractivity contribution in [3.63, 3.8) is 0 Å². The highest BCUT2D eigenvalue weighted by Crippen LogP contribution is 2.41. The zero-order chi connectivity index (χ0) is 14.4. The van der Waals surface area contributed by atoms with Crippen molar-refractivity contribution in [2.24, 2.45) is 0 Å². The molecule has 0 saturated carbocycles. The topological polar surface area (TPSA) is 66.8 Å². The Morgan fingerprint density at radius 2 is 1.80 bits per heavy atom. The normalized spacial score (nSPS) is 12.8. The lowest BCUT2D eigenvalue weighted by Gasteiger charge is -2.22. The molecule has 3 rings (SSSR count). The molecule has 0 radical (unpaired) electrons. The van der Waals surface area contributed by atoms with E-state index in [-0.39, 0.29) is 23.0 Å². The van der Waals surface area contributed by atoms with E-state index in [1.807, 2.05) is 13.0 Å². The number of benzene rings is 2. The Hall–Kier alpha value is -2.49. The van der Waals surface area contributed by atoms with Crippen LogP contribution in [0, 0.1) is 6.92 Å². The predicted molar refractivity (Wildman–Crippen MR) is 73.7 cm³/mol. The number of carbonyl (C=O) groups is 1. The fourth-order valence-corrected chi connectivity index (χ4v) is 2.79. The molecule has 0 bridgehead atoms. The molecule has 0 fully saturated rings. The Balaban J connectivity index is 2.29. The second kappa shape index (κ2) is 4.27. The molecule has 0 unspecified atom stereocenters. The zero-order valence-corrected chi connectivity index (χ0v) is 11.2. The van der Waals surface area contributed by atoms with E-state index in [1.54, 1.807) is 12.1 Å². The second-order valence-electron chi connectivity index (χ2n) is 4.98. The third kappa shape index (κ3) is 1.65. The van der Waals surface area contributed by atoms with Gasteiger partial charge >= 0.3 is 0 Å². The summed E-state index contributed by atoms with van der Waals surface area (Å²) < 4.78 is 5.14. The van der Waals surface area contributed by atoms with E-state index >= 15 is 0 Å². The summed E-state index contributed by atoms with van der Waals surface area (Å²) in [5.74, 6) is -0.250. The van der Waals surface area contributed by atoms with Crippen LogP contribution in [0.4, 0.5) is 0 Å². The standard InChI is InChI=1S/C16H14O4/c1-8-5-10-7-9-3-4-11(17)16(20-2)14(9)15(19)13(10)12(18)6-8/h3-6,17-18H,7H2,1-2H3. The molecule has 0 amide bonds. The van der Waals surface area contributed by atoms with E-state index in [2.05, 4.69) is 0 Å². The van der Waals surface area contributed by atoms with Gasteiger partial charge in [0.15, 0.2) is 11.5 Å². The first-order valence-corrected chi connectivity index (χ1v) is 6.29. The van der Waals surface area contributed by atoms with Crippen molar-refractivity contribution >= 4 is 5.78 Å². The van der Waals surface area contributed by atoms with E-state index in [1.165, 1.54) is 13.2 Å². The van der Waals surface area contributed by atoms with Gasteiger partial charge in [0.05, 0.1) is 18.2 Å². The lowest BCUT2D eigenvalue weighted by atomic mass is 9.83. The number of hydrogen-bond acceptors (Lipinski definition) is 4. The third-order valence-corrected chi connectivity index (χ3v) is 3.61. The van der Waals surface area contributed by atoms with Crippen LogP contribution in [0.2, 0.25) is 0 Å². The molecule has 1 aliphatic rings. The molecule has 0 aromatic heterocycles. The minimum Gasteiger partial charge on any atom is -0.507 e. The summed E-state index contributed by atoms with van der Waals surface area (Å²) in [5.41, 5.74) is 3.13. The lowest BCUT2D eigenvalue weighted by molar-refractivity contribution is 0.102. The quantitative estimate of drug-likeness (QED) is 0.713. The summed E-state index contributed by atoms with van der Waals surface area (Å²) in [7, 11) is 1.41. The number of phenolic OH excluding ortho intramolecular Hbond substituents is 2.